The van der Waals surface area contributed by atoms with Gasteiger partial charge in [0.1, 0.15) is 5.82 Å². The molecule has 1 atom stereocenters. The highest BCUT2D eigenvalue weighted by molar-refractivity contribution is 5.74. The summed E-state index contributed by atoms with van der Waals surface area (Å²) in [5.74, 6) is 0.818. The van der Waals surface area contributed by atoms with Gasteiger partial charge in [-0.1, -0.05) is 0 Å². The molecule has 0 fully saturated rings. The fourth-order valence-corrected chi connectivity index (χ4v) is 1.66. The Balaban J connectivity index is 2.42. The molecule has 0 saturated heterocycles. The Kier molecular flexibility index (Phi) is 2.65. The maximum absolute atomic E-state index is 9.93. The highest BCUT2D eigenvalue weighted by Crippen LogP contribution is 2.17. The molecule has 0 aliphatic heterocycles. The Bertz CT molecular complexity index is 504. The zero-order valence-electron chi connectivity index (χ0n) is 9.51. The molecule has 1 unspecified atom stereocenters. The smallest absolute Gasteiger partial charge is 0.112 e. The topological polar surface area (TPSA) is 77.0 Å². The molecule has 0 bridgehead atoms. The molecule has 5 heteroatoms. The molecule has 2 aromatic heterocycles. The van der Waals surface area contributed by atoms with Gasteiger partial charge in [-0.15, -0.1) is 0 Å². The molecule has 5 nitrogen and oxygen atoms in total. The minimum absolute atomic E-state index is 0.217. The standard InChI is InChI=1S/C11H16N4O/c1-11(16,7-12)5-10-14-8-3-4-13-6-9(8)15(10)2/h3-4,6,16H,5,7,12H2,1-2H3. The summed E-state index contributed by atoms with van der Waals surface area (Å²) in [6.45, 7) is 1.93. The minimum atomic E-state index is -0.914. The van der Waals surface area contributed by atoms with Crippen molar-refractivity contribution in [1.29, 1.82) is 0 Å². The Labute approximate surface area is 93.9 Å². The maximum Gasteiger partial charge on any atom is 0.112 e. The molecule has 0 aliphatic carbocycles. The lowest BCUT2D eigenvalue weighted by atomic mass is 10.0. The number of imidazole rings is 1. The Morgan fingerprint density at radius 1 is 1.56 bits per heavy atom. The molecule has 0 aromatic carbocycles. The number of hydrogen-bond donors (Lipinski definition) is 2. The molecule has 0 radical (unpaired) electrons. The minimum Gasteiger partial charge on any atom is -0.388 e. The van der Waals surface area contributed by atoms with Crippen LogP contribution in [0.5, 0.6) is 0 Å². The van der Waals surface area contributed by atoms with Gasteiger partial charge in [-0.05, 0) is 13.0 Å². The quantitative estimate of drug-likeness (QED) is 0.775. The molecule has 0 saturated carbocycles. The number of hydrogen-bond acceptors (Lipinski definition) is 4. The lowest BCUT2D eigenvalue weighted by Gasteiger charge is -2.20. The van der Waals surface area contributed by atoms with Crippen molar-refractivity contribution in [2.24, 2.45) is 12.8 Å². The summed E-state index contributed by atoms with van der Waals surface area (Å²) in [5, 5.41) is 9.93. The number of aromatic nitrogens is 3. The van der Waals surface area contributed by atoms with Crippen LogP contribution in [0.4, 0.5) is 0 Å². The number of nitrogens with two attached hydrogens (primary N) is 1. The Morgan fingerprint density at radius 3 is 2.94 bits per heavy atom. The maximum atomic E-state index is 9.93. The van der Waals surface area contributed by atoms with E-state index in [4.69, 9.17) is 5.73 Å². The van der Waals surface area contributed by atoms with E-state index in [1.54, 1.807) is 19.3 Å². The van der Waals surface area contributed by atoms with Crippen molar-refractivity contribution in [3.8, 4) is 0 Å². The van der Waals surface area contributed by atoms with Crippen LogP contribution in [0.1, 0.15) is 12.7 Å². The van der Waals surface area contributed by atoms with Crippen LogP contribution in [-0.4, -0.2) is 31.8 Å². The summed E-state index contributed by atoms with van der Waals surface area (Å²) in [6, 6.07) is 1.86. The van der Waals surface area contributed by atoms with Crippen LogP contribution in [-0.2, 0) is 13.5 Å². The molecular formula is C11H16N4O. The molecule has 16 heavy (non-hydrogen) atoms. The van der Waals surface area contributed by atoms with Gasteiger partial charge in [-0.25, -0.2) is 4.98 Å². The molecule has 2 heterocycles. The number of rotatable bonds is 3. The molecular weight excluding hydrogens is 204 g/mol. The molecule has 2 aromatic rings. The van der Waals surface area contributed by atoms with E-state index in [9.17, 15) is 5.11 Å². The predicted molar refractivity (Wildman–Crippen MR) is 61.9 cm³/mol. The first kappa shape index (κ1) is 11.0. The zero-order chi connectivity index (χ0) is 11.8. The van der Waals surface area contributed by atoms with Crippen LogP contribution in [0.3, 0.4) is 0 Å². The lowest BCUT2D eigenvalue weighted by Crippen LogP contribution is -2.37. The van der Waals surface area contributed by atoms with Crippen LogP contribution >= 0.6 is 0 Å². The van der Waals surface area contributed by atoms with Gasteiger partial charge in [0.05, 0.1) is 22.8 Å². The largest absolute Gasteiger partial charge is 0.388 e. The first-order valence-corrected chi connectivity index (χ1v) is 5.21. The molecule has 0 amide bonds. The van der Waals surface area contributed by atoms with E-state index in [-0.39, 0.29) is 6.54 Å². The normalized spacial score (nSPS) is 15.2. The molecule has 3 N–H and O–H groups in total. The van der Waals surface area contributed by atoms with Crippen molar-refractivity contribution in [1.82, 2.24) is 14.5 Å². The monoisotopic (exact) mass is 220 g/mol. The third kappa shape index (κ3) is 1.91. The van der Waals surface area contributed by atoms with Crippen molar-refractivity contribution in [3.63, 3.8) is 0 Å². The third-order valence-corrected chi connectivity index (χ3v) is 2.75. The van der Waals surface area contributed by atoms with Gasteiger partial charge in [0.2, 0.25) is 0 Å². The van der Waals surface area contributed by atoms with Crippen LogP contribution in [0.25, 0.3) is 11.0 Å². The number of fused-ring (bicyclic) bond motifs is 1. The fraction of sp³-hybridized carbons (Fsp3) is 0.455. The van der Waals surface area contributed by atoms with Gasteiger partial charge in [0.25, 0.3) is 0 Å². The van der Waals surface area contributed by atoms with Crippen molar-refractivity contribution >= 4 is 11.0 Å². The predicted octanol–water partition coefficient (Wildman–Crippen LogP) is 0.220. The summed E-state index contributed by atoms with van der Waals surface area (Å²) in [4.78, 5) is 8.51. The van der Waals surface area contributed by atoms with Gasteiger partial charge in [0, 0.05) is 26.2 Å². The number of aliphatic hydroxyl groups is 1. The second-order valence-corrected chi connectivity index (χ2v) is 4.33. The van der Waals surface area contributed by atoms with E-state index in [0.717, 1.165) is 16.9 Å². The van der Waals surface area contributed by atoms with E-state index >= 15 is 0 Å². The van der Waals surface area contributed by atoms with E-state index in [0.29, 0.717) is 6.42 Å². The number of pyridine rings is 1. The average molecular weight is 220 g/mol. The summed E-state index contributed by atoms with van der Waals surface area (Å²) < 4.78 is 1.94. The van der Waals surface area contributed by atoms with E-state index in [2.05, 4.69) is 9.97 Å². The number of nitrogens with zero attached hydrogens (tertiary/aromatic N) is 3. The molecule has 0 aliphatic rings. The Morgan fingerprint density at radius 2 is 2.31 bits per heavy atom. The van der Waals surface area contributed by atoms with Crippen LogP contribution < -0.4 is 5.73 Å². The number of aryl methyl sites for hydroxylation is 1. The first-order chi connectivity index (χ1) is 7.53. The lowest BCUT2D eigenvalue weighted by molar-refractivity contribution is 0.0670. The fourth-order valence-electron chi connectivity index (χ4n) is 1.66. The summed E-state index contributed by atoms with van der Waals surface area (Å²) >= 11 is 0. The highest BCUT2D eigenvalue weighted by atomic mass is 16.3. The van der Waals surface area contributed by atoms with Crippen molar-refractivity contribution in [2.45, 2.75) is 18.9 Å². The van der Waals surface area contributed by atoms with Crippen molar-refractivity contribution in [2.75, 3.05) is 6.54 Å². The molecule has 2 rings (SSSR count). The first-order valence-electron chi connectivity index (χ1n) is 5.21. The van der Waals surface area contributed by atoms with Gasteiger partial charge in [-0.2, -0.15) is 0 Å². The summed E-state index contributed by atoms with van der Waals surface area (Å²) in [5.41, 5.74) is 6.44. The van der Waals surface area contributed by atoms with E-state index in [1.165, 1.54) is 0 Å². The van der Waals surface area contributed by atoms with Gasteiger partial charge in [0.15, 0.2) is 0 Å². The second kappa shape index (κ2) is 3.84. The van der Waals surface area contributed by atoms with Crippen LogP contribution in [0.2, 0.25) is 0 Å². The SMILES string of the molecule is Cn1c(CC(C)(O)CN)nc2ccncc21. The Hall–Kier alpha value is -1.46. The summed E-state index contributed by atoms with van der Waals surface area (Å²) in [6.07, 6.45) is 3.91. The van der Waals surface area contributed by atoms with Gasteiger partial charge < -0.3 is 15.4 Å². The summed E-state index contributed by atoms with van der Waals surface area (Å²) in [7, 11) is 1.92. The highest BCUT2D eigenvalue weighted by Gasteiger charge is 2.22. The van der Waals surface area contributed by atoms with E-state index in [1.807, 2.05) is 17.7 Å². The van der Waals surface area contributed by atoms with E-state index < -0.39 is 5.60 Å². The molecule has 86 valence electrons. The van der Waals surface area contributed by atoms with Gasteiger partial charge >= 0.3 is 0 Å². The van der Waals surface area contributed by atoms with Crippen molar-refractivity contribution in [3.05, 3.63) is 24.3 Å². The van der Waals surface area contributed by atoms with Crippen molar-refractivity contribution < 1.29 is 5.11 Å². The van der Waals surface area contributed by atoms with Gasteiger partial charge in [-0.3, -0.25) is 4.98 Å². The molecule has 0 spiro atoms. The average Bonchev–Trinajstić information content (AvgIpc) is 2.56. The zero-order valence-corrected chi connectivity index (χ0v) is 9.51. The van der Waals surface area contributed by atoms with Crippen LogP contribution in [0, 0.1) is 0 Å². The van der Waals surface area contributed by atoms with Crippen LogP contribution in [0.15, 0.2) is 18.5 Å². The second-order valence-electron chi connectivity index (χ2n) is 4.33. The third-order valence-electron chi connectivity index (χ3n) is 2.75.